The van der Waals surface area contributed by atoms with Crippen LogP contribution in [0.15, 0.2) is 28.7 Å². The largest absolute Gasteiger partial charge is 0.441 e. The van der Waals surface area contributed by atoms with Gasteiger partial charge < -0.3 is 9.73 Å². The third kappa shape index (κ3) is 4.01. The van der Waals surface area contributed by atoms with Gasteiger partial charge in [0.25, 0.3) is 0 Å². The van der Waals surface area contributed by atoms with Gasteiger partial charge in [-0.2, -0.15) is 0 Å². The van der Waals surface area contributed by atoms with Crippen molar-refractivity contribution in [2.75, 3.05) is 6.54 Å². The van der Waals surface area contributed by atoms with Gasteiger partial charge in [-0.15, -0.1) is 0 Å². The Morgan fingerprint density at radius 1 is 1.22 bits per heavy atom. The van der Waals surface area contributed by atoms with Crippen LogP contribution >= 0.6 is 0 Å². The molecule has 1 aliphatic carbocycles. The van der Waals surface area contributed by atoms with Gasteiger partial charge in [-0.05, 0) is 44.7 Å². The molecule has 0 atom stereocenters. The number of aryl methyl sites for hydroxylation is 2. The first kappa shape index (κ1) is 15.8. The van der Waals surface area contributed by atoms with Crippen LogP contribution in [0.2, 0.25) is 0 Å². The van der Waals surface area contributed by atoms with Gasteiger partial charge in [-0.1, -0.05) is 30.5 Å². The lowest BCUT2D eigenvalue weighted by atomic mass is 10.1. The van der Waals surface area contributed by atoms with Crippen molar-refractivity contribution in [2.45, 2.75) is 46.0 Å². The summed E-state index contributed by atoms with van der Waals surface area (Å²) in [6, 6.07) is 8.04. The SMILES string of the molecule is Cc1ccc(-c2nc(CC(=O)NCC3CCCC3)c(C)o2)cc1. The summed E-state index contributed by atoms with van der Waals surface area (Å²) < 4.78 is 5.73. The minimum Gasteiger partial charge on any atom is -0.441 e. The third-order valence-corrected chi connectivity index (χ3v) is 4.58. The third-order valence-electron chi connectivity index (χ3n) is 4.58. The zero-order chi connectivity index (χ0) is 16.2. The number of rotatable bonds is 5. The second-order valence-electron chi connectivity index (χ2n) is 6.52. The fraction of sp³-hybridized carbons (Fsp3) is 0.474. The summed E-state index contributed by atoms with van der Waals surface area (Å²) in [6.07, 6.45) is 5.35. The van der Waals surface area contributed by atoms with E-state index < -0.39 is 0 Å². The minimum absolute atomic E-state index is 0.0313. The number of aromatic nitrogens is 1. The van der Waals surface area contributed by atoms with Crippen LogP contribution in [0.1, 0.15) is 42.7 Å². The number of carbonyl (C=O) groups is 1. The summed E-state index contributed by atoms with van der Waals surface area (Å²) in [5.41, 5.74) is 2.87. The topological polar surface area (TPSA) is 55.1 Å². The molecule has 1 aromatic heterocycles. The Balaban J connectivity index is 1.61. The normalized spacial score (nSPS) is 15.0. The average molecular weight is 312 g/mol. The Kier molecular flexibility index (Phi) is 4.79. The number of hydrogen-bond acceptors (Lipinski definition) is 3. The van der Waals surface area contributed by atoms with E-state index in [1.807, 2.05) is 38.1 Å². The number of hydrogen-bond donors (Lipinski definition) is 1. The molecule has 1 aliphatic rings. The Morgan fingerprint density at radius 3 is 2.61 bits per heavy atom. The first-order valence-corrected chi connectivity index (χ1v) is 8.42. The van der Waals surface area contributed by atoms with Gasteiger partial charge in [-0.3, -0.25) is 4.79 Å². The Morgan fingerprint density at radius 2 is 1.91 bits per heavy atom. The van der Waals surface area contributed by atoms with Gasteiger partial charge in [0.2, 0.25) is 11.8 Å². The number of oxazole rings is 1. The molecule has 1 amide bonds. The van der Waals surface area contributed by atoms with E-state index in [1.54, 1.807) is 0 Å². The van der Waals surface area contributed by atoms with Gasteiger partial charge in [0.15, 0.2) is 0 Å². The first-order chi connectivity index (χ1) is 11.1. The van der Waals surface area contributed by atoms with E-state index in [4.69, 9.17) is 4.42 Å². The fourth-order valence-corrected chi connectivity index (χ4v) is 3.10. The lowest BCUT2D eigenvalue weighted by Gasteiger charge is -2.09. The van der Waals surface area contributed by atoms with Crippen molar-refractivity contribution in [2.24, 2.45) is 5.92 Å². The summed E-state index contributed by atoms with van der Waals surface area (Å²) in [6.45, 7) is 4.70. The molecule has 0 saturated heterocycles. The van der Waals surface area contributed by atoms with Crippen molar-refractivity contribution in [1.29, 1.82) is 0 Å². The number of nitrogens with one attached hydrogen (secondary N) is 1. The van der Waals surface area contributed by atoms with E-state index in [2.05, 4.69) is 10.3 Å². The van der Waals surface area contributed by atoms with Crippen LogP contribution < -0.4 is 5.32 Å². The van der Waals surface area contributed by atoms with Crippen LogP contribution in [0.25, 0.3) is 11.5 Å². The van der Waals surface area contributed by atoms with Crippen molar-refractivity contribution in [3.63, 3.8) is 0 Å². The molecule has 1 N–H and O–H groups in total. The quantitative estimate of drug-likeness (QED) is 0.913. The van der Waals surface area contributed by atoms with E-state index >= 15 is 0 Å². The first-order valence-electron chi connectivity index (χ1n) is 8.42. The lowest BCUT2D eigenvalue weighted by Crippen LogP contribution is -2.29. The molecule has 2 aromatic rings. The Bertz CT molecular complexity index is 667. The van der Waals surface area contributed by atoms with Crippen molar-refractivity contribution in [1.82, 2.24) is 10.3 Å². The maximum Gasteiger partial charge on any atom is 0.226 e. The average Bonchev–Trinajstić information content (AvgIpc) is 3.17. The van der Waals surface area contributed by atoms with Crippen molar-refractivity contribution in [3.05, 3.63) is 41.3 Å². The van der Waals surface area contributed by atoms with Gasteiger partial charge in [-0.25, -0.2) is 4.98 Å². The van der Waals surface area contributed by atoms with Gasteiger partial charge in [0.1, 0.15) is 5.76 Å². The molecule has 4 heteroatoms. The summed E-state index contributed by atoms with van der Waals surface area (Å²) in [4.78, 5) is 16.6. The van der Waals surface area contributed by atoms with Crippen LogP contribution in [0.3, 0.4) is 0 Å². The lowest BCUT2D eigenvalue weighted by molar-refractivity contribution is -0.120. The number of benzene rings is 1. The molecule has 1 fully saturated rings. The number of carbonyl (C=O) groups excluding carboxylic acids is 1. The standard InChI is InChI=1S/C19H24N2O2/c1-13-7-9-16(10-8-13)19-21-17(14(2)23-19)11-18(22)20-12-15-5-3-4-6-15/h7-10,15H,3-6,11-12H2,1-2H3,(H,20,22). The van der Waals surface area contributed by atoms with Gasteiger partial charge in [0.05, 0.1) is 12.1 Å². The van der Waals surface area contributed by atoms with E-state index in [0.29, 0.717) is 11.8 Å². The van der Waals surface area contributed by atoms with Crippen LogP contribution in [0.5, 0.6) is 0 Å². The molecule has 0 aliphatic heterocycles. The Labute approximate surface area is 137 Å². The predicted octanol–water partition coefficient (Wildman–Crippen LogP) is 3.81. The highest BCUT2D eigenvalue weighted by atomic mass is 16.4. The second kappa shape index (κ2) is 6.99. The Hall–Kier alpha value is -2.10. The monoisotopic (exact) mass is 312 g/mol. The summed E-state index contributed by atoms with van der Waals surface area (Å²) in [7, 11) is 0. The highest BCUT2D eigenvalue weighted by molar-refractivity contribution is 5.78. The molecule has 1 saturated carbocycles. The van der Waals surface area contributed by atoms with E-state index in [-0.39, 0.29) is 12.3 Å². The van der Waals surface area contributed by atoms with E-state index in [9.17, 15) is 4.79 Å². The van der Waals surface area contributed by atoms with E-state index in [0.717, 1.165) is 23.6 Å². The molecular weight excluding hydrogens is 288 g/mol. The molecule has 1 aromatic carbocycles. The fourth-order valence-electron chi connectivity index (χ4n) is 3.10. The highest BCUT2D eigenvalue weighted by Gasteiger charge is 2.18. The molecule has 4 nitrogen and oxygen atoms in total. The second-order valence-corrected chi connectivity index (χ2v) is 6.52. The number of amides is 1. The van der Waals surface area contributed by atoms with Crippen molar-refractivity contribution in [3.8, 4) is 11.5 Å². The molecule has 122 valence electrons. The molecule has 23 heavy (non-hydrogen) atoms. The summed E-state index contributed by atoms with van der Waals surface area (Å²) >= 11 is 0. The molecule has 3 rings (SSSR count). The van der Waals surface area contributed by atoms with Crippen LogP contribution in [0.4, 0.5) is 0 Å². The molecule has 0 unspecified atom stereocenters. The zero-order valence-corrected chi connectivity index (χ0v) is 13.9. The molecule has 1 heterocycles. The van der Waals surface area contributed by atoms with Gasteiger partial charge in [0, 0.05) is 12.1 Å². The predicted molar refractivity (Wildman–Crippen MR) is 90.1 cm³/mol. The zero-order valence-electron chi connectivity index (χ0n) is 13.9. The smallest absolute Gasteiger partial charge is 0.226 e. The maximum atomic E-state index is 12.1. The van der Waals surface area contributed by atoms with Crippen LogP contribution in [-0.2, 0) is 11.2 Å². The van der Waals surface area contributed by atoms with E-state index in [1.165, 1.54) is 31.2 Å². The summed E-state index contributed by atoms with van der Waals surface area (Å²) in [5.74, 6) is 1.99. The summed E-state index contributed by atoms with van der Waals surface area (Å²) in [5, 5.41) is 3.04. The van der Waals surface area contributed by atoms with Crippen molar-refractivity contribution >= 4 is 5.91 Å². The van der Waals surface area contributed by atoms with Crippen LogP contribution in [-0.4, -0.2) is 17.4 Å². The van der Waals surface area contributed by atoms with Gasteiger partial charge >= 0.3 is 0 Å². The number of nitrogens with zero attached hydrogens (tertiary/aromatic N) is 1. The highest BCUT2D eigenvalue weighted by Crippen LogP contribution is 2.24. The molecule has 0 radical (unpaired) electrons. The van der Waals surface area contributed by atoms with Crippen molar-refractivity contribution < 1.29 is 9.21 Å². The maximum absolute atomic E-state index is 12.1. The van der Waals surface area contributed by atoms with Crippen LogP contribution in [0, 0.1) is 19.8 Å². The molecule has 0 bridgehead atoms. The molecular formula is C19H24N2O2. The minimum atomic E-state index is 0.0313. The molecule has 0 spiro atoms.